The molecule has 1 aliphatic heterocycles. The normalized spacial score (nSPS) is 19.2. The summed E-state index contributed by atoms with van der Waals surface area (Å²) in [5.74, 6) is 0. The van der Waals surface area contributed by atoms with Crippen molar-refractivity contribution in [1.29, 1.82) is 0 Å². The highest BCUT2D eigenvalue weighted by molar-refractivity contribution is 4.45. The molecule has 0 fully saturated rings. The number of nitrogens with one attached hydrogen (secondary N) is 1. The monoisotopic (exact) mass is 71.0 g/mol. The third-order valence-electron chi connectivity index (χ3n) is 0.465. The van der Waals surface area contributed by atoms with Gasteiger partial charge in [-0.1, -0.05) is 5.22 Å². The van der Waals surface area contributed by atoms with Crippen LogP contribution >= 0.6 is 0 Å². The average Bonchev–Trinajstić information content (AvgIpc) is 1.76. The molecule has 0 amide bonds. The second kappa shape index (κ2) is 1.01. The summed E-state index contributed by atoms with van der Waals surface area (Å²) in [6.07, 6.45) is 0. The SMILES string of the molecule is C1CNN=N1. The Hall–Kier alpha value is -0.600. The van der Waals surface area contributed by atoms with E-state index in [1.165, 1.54) is 0 Å². The highest BCUT2D eigenvalue weighted by Crippen LogP contribution is 1.76. The summed E-state index contributed by atoms with van der Waals surface area (Å²) in [5, 5.41) is 7.06. The molecule has 0 saturated heterocycles. The Labute approximate surface area is 30.1 Å². The van der Waals surface area contributed by atoms with Gasteiger partial charge in [0.05, 0.1) is 13.1 Å². The quantitative estimate of drug-likeness (QED) is 0.427. The van der Waals surface area contributed by atoms with Crippen LogP contribution in [0.2, 0.25) is 0 Å². The van der Waals surface area contributed by atoms with E-state index >= 15 is 0 Å². The molecule has 1 rings (SSSR count). The second-order valence-corrected chi connectivity index (χ2v) is 0.873. The predicted octanol–water partition coefficient (Wildman–Crippen LogP) is -0.0432. The standard InChI is InChI=1S/C2H5N3/c1-2-4-5-3-1/h1-2H2,(H,3,4). The van der Waals surface area contributed by atoms with Crippen LogP contribution in [0.25, 0.3) is 0 Å². The minimum absolute atomic E-state index is 0.847. The Morgan fingerprint density at radius 3 is 2.80 bits per heavy atom. The fraction of sp³-hybridized carbons (Fsp3) is 1.00. The zero-order chi connectivity index (χ0) is 3.54. The van der Waals surface area contributed by atoms with Crippen LogP contribution < -0.4 is 5.43 Å². The Kier molecular flexibility index (Phi) is 0.532. The second-order valence-electron chi connectivity index (χ2n) is 0.873. The van der Waals surface area contributed by atoms with Crippen LogP contribution in [0.1, 0.15) is 0 Å². The van der Waals surface area contributed by atoms with Gasteiger partial charge in [0.1, 0.15) is 0 Å². The molecule has 0 saturated carbocycles. The molecular weight excluding hydrogens is 66.0 g/mol. The molecule has 0 aromatic carbocycles. The minimum Gasteiger partial charge on any atom is -0.290 e. The molecule has 0 bridgehead atoms. The van der Waals surface area contributed by atoms with Crippen molar-refractivity contribution in [3.05, 3.63) is 0 Å². The van der Waals surface area contributed by atoms with Crippen molar-refractivity contribution >= 4 is 0 Å². The van der Waals surface area contributed by atoms with E-state index in [1.54, 1.807) is 0 Å². The Morgan fingerprint density at radius 2 is 2.60 bits per heavy atom. The van der Waals surface area contributed by atoms with E-state index in [0.29, 0.717) is 0 Å². The average molecular weight is 71.1 g/mol. The molecule has 0 radical (unpaired) electrons. The van der Waals surface area contributed by atoms with E-state index in [1.807, 2.05) is 0 Å². The highest BCUT2D eigenvalue weighted by Gasteiger charge is 1.84. The fourth-order valence-corrected chi connectivity index (χ4v) is 0.250. The first-order valence-corrected chi connectivity index (χ1v) is 1.59. The van der Waals surface area contributed by atoms with E-state index in [9.17, 15) is 0 Å². The summed E-state index contributed by atoms with van der Waals surface area (Å²) < 4.78 is 0. The summed E-state index contributed by atoms with van der Waals surface area (Å²) in [6, 6.07) is 0. The van der Waals surface area contributed by atoms with Crippen molar-refractivity contribution in [2.24, 2.45) is 10.3 Å². The van der Waals surface area contributed by atoms with E-state index in [4.69, 9.17) is 0 Å². The summed E-state index contributed by atoms with van der Waals surface area (Å²) in [5.41, 5.74) is 2.68. The van der Waals surface area contributed by atoms with Crippen LogP contribution in [0.4, 0.5) is 0 Å². The number of hydrogen-bond acceptors (Lipinski definition) is 3. The van der Waals surface area contributed by atoms with Gasteiger partial charge in [-0.2, -0.15) is 5.11 Å². The maximum Gasteiger partial charge on any atom is 0.0810 e. The molecule has 0 aliphatic carbocycles. The first-order valence-electron chi connectivity index (χ1n) is 1.59. The van der Waals surface area contributed by atoms with Crippen molar-refractivity contribution in [3.63, 3.8) is 0 Å². The van der Waals surface area contributed by atoms with Crippen molar-refractivity contribution in [3.8, 4) is 0 Å². The van der Waals surface area contributed by atoms with Crippen molar-refractivity contribution in [1.82, 2.24) is 5.43 Å². The Balaban J connectivity index is 2.32. The van der Waals surface area contributed by atoms with Gasteiger partial charge in [-0.3, -0.25) is 5.43 Å². The van der Waals surface area contributed by atoms with Gasteiger partial charge >= 0.3 is 0 Å². The molecule has 0 aromatic heterocycles. The van der Waals surface area contributed by atoms with Gasteiger partial charge in [-0.05, 0) is 0 Å². The molecular formula is C2H5N3. The minimum atomic E-state index is 0.847. The first kappa shape index (κ1) is 2.63. The Morgan fingerprint density at radius 1 is 1.60 bits per heavy atom. The molecule has 0 unspecified atom stereocenters. The third kappa shape index (κ3) is 0.344. The van der Waals surface area contributed by atoms with E-state index in [2.05, 4.69) is 15.8 Å². The fourth-order valence-electron chi connectivity index (χ4n) is 0.250. The molecule has 0 atom stereocenters. The number of rotatable bonds is 0. The molecule has 3 heteroatoms. The van der Waals surface area contributed by atoms with E-state index in [0.717, 1.165) is 13.1 Å². The predicted molar refractivity (Wildman–Crippen MR) is 17.7 cm³/mol. The summed E-state index contributed by atoms with van der Waals surface area (Å²) >= 11 is 0. The molecule has 3 nitrogen and oxygen atoms in total. The van der Waals surface area contributed by atoms with Crippen molar-refractivity contribution in [2.45, 2.75) is 0 Å². The van der Waals surface area contributed by atoms with Crippen LogP contribution in [-0.4, -0.2) is 13.1 Å². The lowest BCUT2D eigenvalue weighted by Crippen LogP contribution is -1.99. The lowest BCUT2D eigenvalue weighted by Gasteiger charge is -1.72. The van der Waals surface area contributed by atoms with E-state index < -0.39 is 0 Å². The van der Waals surface area contributed by atoms with Crippen LogP contribution in [0.5, 0.6) is 0 Å². The van der Waals surface area contributed by atoms with Crippen molar-refractivity contribution in [2.75, 3.05) is 13.1 Å². The van der Waals surface area contributed by atoms with Gasteiger partial charge in [-0.25, -0.2) is 0 Å². The Bertz CT molecular complexity index is 42.9. The largest absolute Gasteiger partial charge is 0.290 e. The van der Waals surface area contributed by atoms with Crippen molar-refractivity contribution < 1.29 is 0 Å². The topological polar surface area (TPSA) is 36.8 Å². The summed E-state index contributed by atoms with van der Waals surface area (Å²) in [6.45, 7) is 1.76. The van der Waals surface area contributed by atoms with Crippen LogP contribution in [0.15, 0.2) is 10.3 Å². The molecule has 0 spiro atoms. The molecule has 0 aromatic rings. The van der Waals surface area contributed by atoms with Crippen LogP contribution in [0.3, 0.4) is 0 Å². The van der Waals surface area contributed by atoms with Gasteiger partial charge < -0.3 is 0 Å². The first-order chi connectivity index (χ1) is 2.50. The van der Waals surface area contributed by atoms with E-state index in [-0.39, 0.29) is 0 Å². The molecule has 5 heavy (non-hydrogen) atoms. The number of hydrogen-bond donors (Lipinski definition) is 1. The van der Waals surface area contributed by atoms with Gasteiger partial charge in [0, 0.05) is 0 Å². The molecule has 1 N–H and O–H groups in total. The lowest BCUT2D eigenvalue weighted by molar-refractivity contribution is 0.828. The van der Waals surface area contributed by atoms with Gasteiger partial charge in [0.2, 0.25) is 0 Å². The summed E-state index contributed by atoms with van der Waals surface area (Å²) in [7, 11) is 0. The van der Waals surface area contributed by atoms with Gasteiger partial charge in [0.25, 0.3) is 0 Å². The highest BCUT2D eigenvalue weighted by atomic mass is 15.5. The molecule has 1 aliphatic rings. The van der Waals surface area contributed by atoms with Gasteiger partial charge in [0.15, 0.2) is 0 Å². The maximum absolute atomic E-state index is 3.60. The van der Waals surface area contributed by atoms with Crippen LogP contribution in [-0.2, 0) is 0 Å². The summed E-state index contributed by atoms with van der Waals surface area (Å²) in [4.78, 5) is 0. The maximum atomic E-state index is 3.60. The molecule has 1 heterocycles. The number of nitrogens with zero attached hydrogens (tertiary/aromatic N) is 2. The third-order valence-corrected chi connectivity index (χ3v) is 0.465. The zero-order valence-electron chi connectivity index (χ0n) is 2.81. The lowest BCUT2D eigenvalue weighted by atomic mass is 10.7. The zero-order valence-corrected chi connectivity index (χ0v) is 2.81. The van der Waals surface area contributed by atoms with Gasteiger partial charge in [-0.15, -0.1) is 0 Å². The smallest absolute Gasteiger partial charge is 0.0810 e. The van der Waals surface area contributed by atoms with Crippen LogP contribution in [0, 0.1) is 0 Å². The molecule has 28 valence electrons.